The molecule has 1 aromatic heterocycles. The van der Waals surface area contributed by atoms with Gasteiger partial charge in [-0.25, -0.2) is 13.9 Å². The van der Waals surface area contributed by atoms with Crippen LogP contribution >= 0.6 is 0 Å². The molecule has 0 unspecified atom stereocenters. The summed E-state index contributed by atoms with van der Waals surface area (Å²) in [5.41, 5.74) is 1.38. The van der Waals surface area contributed by atoms with Crippen LogP contribution in [0, 0.1) is 5.82 Å². The summed E-state index contributed by atoms with van der Waals surface area (Å²) in [4.78, 5) is 13.9. The second kappa shape index (κ2) is 9.12. The fraction of sp³-hybridized carbons (Fsp3) is 0.565. The number of carbonyl (C=O) groups is 1. The lowest BCUT2D eigenvalue weighted by molar-refractivity contribution is 0.0270. The van der Waals surface area contributed by atoms with Crippen molar-refractivity contribution in [3.8, 4) is 0 Å². The average molecular weight is 448 g/mol. The highest BCUT2D eigenvalue weighted by Gasteiger charge is 2.25. The van der Waals surface area contributed by atoms with Crippen molar-refractivity contribution >= 4 is 30.6 Å². The highest BCUT2D eigenvalue weighted by atomic mass is 28.3. The fourth-order valence-corrected chi connectivity index (χ4v) is 4.17. The van der Waals surface area contributed by atoms with Crippen molar-refractivity contribution in [1.29, 1.82) is 0 Å². The first kappa shape index (κ1) is 23.5. The molecule has 0 N–H and O–H groups in total. The molecule has 1 amide bonds. The molecule has 31 heavy (non-hydrogen) atoms. The van der Waals surface area contributed by atoms with Crippen molar-refractivity contribution < 1.29 is 18.7 Å². The normalized spacial score (nSPS) is 15.3. The van der Waals surface area contributed by atoms with Gasteiger partial charge in [0.05, 0.1) is 6.20 Å². The van der Waals surface area contributed by atoms with Crippen LogP contribution in [-0.4, -0.2) is 54.1 Å². The molecule has 0 atom stereocenters. The van der Waals surface area contributed by atoms with E-state index < -0.39 is 13.7 Å². The fourth-order valence-electron chi connectivity index (χ4n) is 3.42. The topological polar surface area (TPSA) is 56.6 Å². The quantitative estimate of drug-likeness (QED) is 0.433. The zero-order chi connectivity index (χ0) is 22.8. The second-order valence-corrected chi connectivity index (χ2v) is 15.9. The number of hydrogen-bond acceptors (Lipinski definition) is 4. The molecule has 0 radical (unpaired) electrons. The van der Waals surface area contributed by atoms with Gasteiger partial charge in [-0.2, -0.15) is 5.10 Å². The van der Waals surface area contributed by atoms with Gasteiger partial charge in [-0.05, 0) is 38.8 Å². The molecule has 2 heterocycles. The van der Waals surface area contributed by atoms with E-state index in [9.17, 15) is 4.79 Å². The number of benzene rings is 1. The Hall–Kier alpha value is -2.19. The molecule has 8 heteroatoms. The summed E-state index contributed by atoms with van der Waals surface area (Å²) >= 11 is 0. The van der Waals surface area contributed by atoms with Gasteiger partial charge < -0.3 is 14.4 Å². The molecular formula is C23H34FN3O3Si. The van der Waals surface area contributed by atoms with E-state index in [2.05, 4.69) is 24.7 Å². The third-order valence-corrected chi connectivity index (χ3v) is 6.86. The third kappa shape index (κ3) is 6.17. The summed E-state index contributed by atoms with van der Waals surface area (Å²) in [6, 6.07) is 4.74. The van der Waals surface area contributed by atoms with Crippen LogP contribution in [0.1, 0.15) is 32.8 Å². The monoisotopic (exact) mass is 447 g/mol. The van der Waals surface area contributed by atoms with E-state index in [-0.39, 0.29) is 18.6 Å². The van der Waals surface area contributed by atoms with Crippen molar-refractivity contribution in [2.45, 2.75) is 65.2 Å². The van der Waals surface area contributed by atoms with E-state index in [0.717, 1.165) is 17.0 Å². The Kier molecular flexibility index (Phi) is 6.91. The molecule has 170 valence electrons. The first-order valence-corrected chi connectivity index (χ1v) is 14.5. The molecule has 0 fully saturated rings. The number of hydrogen-bond donors (Lipinski definition) is 0. The minimum Gasteiger partial charge on any atom is -0.444 e. The number of nitrogens with zero attached hydrogens (tertiary/aromatic N) is 3. The number of carbonyl (C=O) groups excluding carboxylic acids is 1. The molecule has 2 aromatic rings. The zero-order valence-corrected chi connectivity index (χ0v) is 20.5. The number of fused-ring (bicyclic) bond motifs is 1. The van der Waals surface area contributed by atoms with Crippen LogP contribution < -0.4 is 0 Å². The Bertz CT molecular complexity index is 973. The molecule has 1 aliphatic heterocycles. The van der Waals surface area contributed by atoms with Gasteiger partial charge in [-0.1, -0.05) is 37.8 Å². The summed E-state index contributed by atoms with van der Waals surface area (Å²) in [5.74, 6) is -0.291. The molecule has 0 aliphatic carbocycles. The second-order valence-electron chi connectivity index (χ2n) is 10.3. The first-order chi connectivity index (χ1) is 14.4. The Morgan fingerprint density at radius 1 is 1.26 bits per heavy atom. The van der Waals surface area contributed by atoms with Crippen LogP contribution in [0.25, 0.3) is 16.5 Å². The highest BCUT2D eigenvalue weighted by Crippen LogP contribution is 2.30. The lowest BCUT2D eigenvalue weighted by Crippen LogP contribution is -2.39. The zero-order valence-electron chi connectivity index (χ0n) is 19.5. The largest absolute Gasteiger partial charge is 0.444 e. The number of aromatic nitrogens is 2. The lowest BCUT2D eigenvalue weighted by atomic mass is 9.98. The van der Waals surface area contributed by atoms with Crippen LogP contribution in [0.2, 0.25) is 25.7 Å². The van der Waals surface area contributed by atoms with Gasteiger partial charge in [-0.3, -0.25) is 0 Å². The summed E-state index contributed by atoms with van der Waals surface area (Å²) in [7, 11) is -1.18. The van der Waals surface area contributed by atoms with Gasteiger partial charge in [0, 0.05) is 38.7 Å². The number of rotatable bonds is 6. The first-order valence-electron chi connectivity index (χ1n) is 10.8. The van der Waals surface area contributed by atoms with Crippen molar-refractivity contribution in [2.24, 2.45) is 0 Å². The Labute approximate surface area is 185 Å². The van der Waals surface area contributed by atoms with Crippen LogP contribution in [0.15, 0.2) is 24.4 Å². The minimum absolute atomic E-state index is 0.236. The van der Waals surface area contributed by atoms with Gasteiger partial charge in [0.15, 0.2) is 5.82 Å². The summed E-state index contributed by atoms with van der Waals surface area (Å²) < 4.78 is 28.3. The van der Waals surface area contributed by atoms with Crippen molar-refractivity contribution in [2.75, 3.05) is 19.7 Å². The Morgan fingerprint density at radius 2 is 2.00 bits per heavy atom. The van der Waals surface area contributed by atoms with Crippen molar-refractivity contribution in [3.63, 3.8) is 0 Å². The summed E-state index contributed by atoms with van der Waals surface area (Å²) in [6.07, 6.45) is 3.81. The van der Waals surface area contributed by atoms with Crippen LogP contribution in [0.3, 0.4) is 0 Å². The predicted molar refractivity (Wildman–Crippen MR) is 124 cm³/mol. The molecule has 0 saturated carbocycles. The molecule has 1 aromatic carbocycles. The maximum Gasteiger partial charge on any atom is 0.410 e. The van der Waals surface area contributed by atoms with Crippen LogP contribution in [0.5, 0.6) is 0 Å². The Morgan fingerprint density at radius 3 is 2.61 bits per heavy atom. The van der Waals surface area contributed by atoms with Gasteiger partial charge in [0.25, 0.3) is 0 Å². The van der Waals surface area contributed by atoms with E-state index in [4.69, 9.17) is 9.47 Å². The molecule has 6 nitrogen and oxygen atoms in total. The molecular weight excluding hydrogens is 413 g/mol. The smallest absolute Gasteiger partial charge is 0.410 e. The van der Waals surface area contributed by atoms with Crippen LogP contribution in [0.4, 0.5) is 9.18 Å². The minimum atomic E-state index is -1.18. The van der Waals surface area contributed by atoms with E-state index >= 15 is 4.39 Å². The lowest BCUT2D eigenvalue weighted by Gasteiger charge is -2.29. The number of halogens is 1. The molecule has 0 saturated heterocycles. The molecule has 3 rings (SSSR count). The van der Waals surface area contributed by atoms with E-state index in [1.165, 1.54) is 0 Å². The predicted octanol–water partition coefficient (Wildman–Crippen LogP) is 5.51. The SMILES string of the molecule is CC(C)(C)OC(=O)N1CC=C(c2ccc3cnn(COCC[Si](C)(C)C)c3c2F)CC1. The van der Waals surface area contributed by atoms with Gasteiger partial charge in [0.2, 0.25) is 0 Å². The maximum absolute atomic E-state index is 15.5. The van der Waals surface area contributed by atoms with Gasteiger partial charge in [-0.15, -0.1) is 0 Å². The third-order valence-electron chi connectivity index (χ3n) is 5.16. The van der Waals surface area contributed by atoms with E-state index in [1.54, 1.807) is 21.8 Å². The van der Waals surface area contributed by atoms with Gasteiger partial charge in [0.1, 0.15) is 17.8 Å². The number of amides is 1. The highest BCUT2D eigenvalue weighted by molar-refractivity contribution is 6.76. The number of ether oxygens (including phenoxy) is 2. The Balaban J connectivity index is 1.73. The summed E-state index contributed by atoms with van der Waals surface area (Å²) in [6.45, 7) is 14.2. The van der Waals surface area contributed by atoms with E-state index in [0.29, 0.717) is 37.2 Å². The van der Waals surface area contributed by atoms with E-state index in [1.807, 2.05) is 32.9 Å². The van der Waals surface area contributed by atoms with Crippen molar-refractivity contribution in [3.05, 3.63) is 35.8 Å². The molecule has 1 aliphatic rings. The van der Waals surface area contributed by atoms with Crippen LogP contribution in [-0.2, 0) is 16.2 Å². The molecule has 0 bridgehead atoms. The van der Waals surface area contributed by atoms with Crippen molar-refractivity contribution in [1.82, 2.24) is 14.7 Å². The maximum atomic E-state index is 15.5. The summed E-state index contributed by atoms with van der Waals surface area (Å²) in [5, 5.41) is 5.07. The van der Waals surface area contributed by atoms with Gasteiger partial charge >= 0.3 is 6.09 Å². The molecule has 0 spiro atoms. The average Bonchev–Trinajstić information content (AvgIpc) is 3.08. The standard InChI is InChI=1S/C23H34FN3O3Si/c1-23(2,3)30-22(28)26-11-9-17(10-12-26)19-8-7-18-15-25-27(21(18)20(19)24)16-29-13-14-31(4,5)6/h7-9,15H,10-14,16H2,1-6H3.